The number of carbonyl (C=O) groups is 1. The fraction of sp³-hybridized carbons (Fsp3) is 0.235. The van der Waals surface area contributed by atoms with Crippen molar-refractivity contribution in [2.75, 3.05) is 5.32 Å². The van der Waals surface area contributed by atoms with Crippen LogP contribution in [-0.2, 0) is 4.79 Å². The van der Waals surface area contributed by atoms with Gasteiger partial charge in [-0.05, 0) is 30.5 Å². The molecule has 2 N–H and O–H groups in total. The molecule has 0 fully saturated rings. The van der Waals surface area contributed by atoms with Gasteiger partial charge in [0.2, 0.25) is 5.91 Å². The summed E-state index contributed by atoms with van der Waals surface area (Å²) < 4.78 is 0. The number of benzene rings is 2. The zero-order chi connectivity index (χ0) is 14.2. The van der Waals surface area contributed by atoms with Gasteiger partial charge in [0.1, 0.15) is 0 Å². The Hall–Kier alpha value is -2.13. The first-order valence-electron chi connectivity index (χ1n) is 6.83. The number of rotatable bonds is 6. The van der Waals surface area contributed by atoms with Crippen LogP contribution in [0.15, 0.2) is 60.7 Å². The highest BCUT2D eigenvalue weighted by Gasteiger charge is 2.08. The lowest BCUT2D eigenvalue weighted by molar-refractivity contribution is -0.116. The number of amides is 1. The molecule has 0 aromatic heterocycles. The molecule has 0 aliphatic rings. The third kappa shape index (κ3) is 4.52. The number of para-hydroxylation sites is 1. The Morgan fingerprint density at radius 3 is 2.25 bits per heavy atom. The van der Waals surface area contributed by atoms with Crippen molar-refractivity contribution in [3.05, 3.63) is 66.2 Å². The van der Waals surface area contributed by atoms with E-state index in [-0.39, 0.29) is 5.91 Å². The first-order valence-corrected chi connectivity index (χ1v) is 6.83. The maximum absolute atomic E-state index is 11.7. The van der Waals surface area contributed by atoms with E-state index in [1.807, 2.05) is 60.7 Å². The van der Waals surface area contributed by atoms with E-state index in [4.69, 9.17) is 0 Å². The normalized spacial score (nSPS) is 11.8. The summed E-state index contributed by atoms with van der Waals surface area (Å²) in [5.74, 6) is -0.0172. The molecule has 0 aliphatic carbocycles. The second-order valence-corrected chi connectivity index (χ2v) is 4.73. The van der Waals surface area contributed by atoms with Crippen molar-refractivity contribution in [3.8, 4) is 0 Å². The molecule has 1 amide bonds. The molecule has 0 unspecified atom stereocenters. The summed E-state index contributed by atoms with van der Waals surface area (Å²) in [6, 6.07) is 18.9. The highest BCUT2D eigenvalue weighted by molar-refractivity contribution is 5.90. The molecular weight excluding hydrogens is 250 g/mol. The Morgan fingerprint density at radius 2 is 1.60 bits per heavy atom. The summed E-state index contributed by atoms with van der Waals surface area (Å²) in [6.07, 6.45) is 1.17. The van der Waals surface area contributed by atoms with Gasteiger partial charge < -0.3 is 10.4 Å². The minimum atomic E-state index is -0.499. The van der Waals surface area contributed by atoms with E-state index in [0.717, 1.165) is 11.3 Å². The van der Waals surface area contributed by atoms with Crippen LogP contribution in [0.25, 0.3) is 0 Å². The highest BCUT2D eigenvalue weighted by atomic mass is 16.3. The monoisotopic (exact) mass is 269 g/mol. The molecule has 2 aromatic rings. The van der Waals surface area contributed by atoms with Crippen molar-refractivity contribution in [1.82, 2.24) is 0 Å². The maximum atomic E-state index is 11.7. The van der Waals surface area contributed by atoms with Crippen LogP contribution in [0.3, 0.4) is 0 Å². The molecule has 0 saturated carbocycles. The van der Waals surface area contributed by atoms with Crippen molar-refractivity contribution < 1.29 is 9.90 Å². The summed E-state index contributed by atoms with van der Waals surface area (Å²) in [4.78, 5) is 11.7. The van der Waals surface area contributed by atoms with E-state index in [0.29, 0.717) is 19.3 Å². The van der Waals surface area contributed by atoms with Crippen molar-refractivity contribution in [2.45, 2.75) is 25.4 Å². The molecule has 0 radical (unpaired) electrons. The quantitative estimate of drug-likeness (QED) is 0.842. The van der Waals surface area contributed by atoms with Crippen LogP contribution < -0.4 is 5.32 Å². The second kappa shape index (κ2) is 7.46. The molecule has 0 aliphatic heterocycles. The van der Waals surface area contributed by atoms with Crippen LogP contribution in [0.4, 0.5) is 5.69 Å². The van der Waals surface area contributed by atoms with Crippen molar-refractivity contribution in [1.29, 1.82) is 0 Å². The van der Waals surface area contributed by atoms with Gasteiger partial charge in [-0.15, -0.1) is 0 Å². The highest BCUT2D eigenvalue weighted by Crippen LogP contribution is 2.18. The largest absolute Gasteiger partial charge is 0.388 e. The SMILES string of the molecule is O=C(CCC[C@@H](O)c1ccccc1)Nc1ccccc1. The standard InChI is InChI=1S/C17H19NO2/c19-16(14-8-3-1-4-9-14)12-7-13-17(20)18-15-10-5-2-6-11-15/h1-6,8-11,16,19H,7,12-13H2,(H,18,20)/t16-/m1/s1. The Bertz CT molecular complexity index is 525. The zero-order valence-electron chi connectivity index (χ0n) is 11.3. The van der Waals surface area contributed by atoms with E-state index in [2.05, 4.69) is 5.32 Å². The number of hydrogen-bond acceptors (Lipinski definition) is 2. The van der Waals surface area contributed by atoms with Gasteiger partial charge in [0.25, 0.3) is 0 Å². The van der Waals surface area contributed by atoms with Crippen LogP contribution >= 0.6 is 0 Å². The fourth-order valence-electron chi connectivity index (χ4n) is 2.04. The molecule has 0 heterocycles. The first-order chi connectivity index (χ1) is 9.75. The summed E-state index contributed by atoms with van der Waals surface area (Å²) in [7, 11) is 0. The van der Waals surface area contributed by atoms with Gasteiger partial charge in [0.15, 0.2) is 0 Å². The number of hydrogen-bond donors (Lipinski definition) is 2. The topological polar surface area (TPSA) is 49.3 Å². The third-order valence-electron chi connectivity index (χ3n) is 3.12. The van der Waals surface area contributed by atoms with Crippen molar-refractivity contribution in [2.24, 2.45) is 0 Å². The lowest BCUT2D eigenvalue weighted by Crippen LogP contribution is -2.11. The van der Waals surface area contributed by atoms with Gasteiger partial charge >= 0.3 is 0 Å². The predicted molar refractivity (Wildman–Crippen MR) is 80.3 cm³/mol. The van der Waals surface area contributed by atoms with Crippen molar-refractivity contribution >= 4 is 11.6 Å². The van der Waals surface area contributed by atoms with E-state index in [1.165, 1.54) is 0 Å². The van der Waals surface area contributed by atoms with Crippen LogP contribution in [0.2, 0.25) is 0 Å². The Labute approximate surface area is 119 Å². The fourth-order valence-corrected chi connectivity index (χ4v) is 2.04. The zero-order valence-corrected chi connectivity index (χ0v) is 11.3. The van der Waals surface area contributed by atoms with E-state index < -0.39 is 6.10 Å². The minimum Gasteiger partial charge on any atom is -0.388 e. The number of aliphatic hydroxyl groups excluding tert-OH is 1. The van der Waals surface area contributed by atoms with Gasteiger partial charge in [0.05, 0.1) is 6.10 Å². The first kappa shape index (κ1) is 14.3. The molecule has 2 aromatic carbocycles. The van der Waals surface area contributed by atoms with Gasteiger partial charge in [-0.3, -0.25) is 4.79 Å². The average molecular weight is 269 g/mol. The van der Waals surface area contributed by atoms with Crippen molar-refractivity contribution in [3.63, 3.8) is 0 Å². The van der Waals surface area contributed by atoms with E-state index >= 15 is 0 Å². The number of aliphatic hydroxyl groups is 1. The Morgan fingerprint density at radius 1 is 1.00 bits per heavy atom. The predicted octanol–water partition coefficient (Wildman–Crippen LogP) is 3.53. The number of carbonyl (C=O) groups excluding carboxylic acids is 1. The molecule has 2 rings (SSSR count). The molecule has 20 heavy (non-hydrogen) atoms. The minimum absolute atomic E-state index is 0.0172. The van der Waals surface area contributed by atoms with Gasteiger partial charge in [0, 0.05) is 12.1 Å². The lowest BCUT2D eigenvalue weighted by Gasteiger charge is -2.10. The van der Waals surface area contributed by atoms with Crippen LogP contribution in [0.1, 0.15) is 30.9 Å². The second-order valence-electron chi connectivity index (χ2n) is 4.73. The molecule has 0 saturated heterocycles. The summed E-state index contributed by atoms with van der Waals surface area (Å²) in [5, 5.41) is 12.8. The molecular formula is C17H19NO2. The Balaban J connectivity index is 1.72. The van der Waals surface area contributed by atoms with Gasteiger partial charge in [-0.2, -0.15) is 0 Å². The third-order valence-corrected chi connectivity index (χ3v) is 3.12. The summed E-state index contributed by atoms with van der Waals surface area (Å²) in [5.41, 5.74) is 1.71. The maximum Gasteiger partial charge on any atom is 0.224 e. The molecule has 104 valence electrons. The molecule has 0 spiro atoms. The molecule has 3 nitrogen and oxygen atoms in total. The van der Waals surface area contributed by atoms with Gasteiger partial charge in [-0.25, -0.2) is 0 Å². The summed E-state index contributed by atoms with van der Waals surface area (Å²) in [6.45, 7) is 0. The smallest absolute Gasteiger partial charge is 0.224 e. The van der Waals surface area contributed by atoms with E-state index in [9.17, 15) is 9.90 Å². The lowest BCUT2D eigenvalue weighted by atomic mass is 10.0. The molecule has 3 heteroatoms. The molecule has 1 atom stereocenters. The average Bonchev–Trinajstić information content (AvgIpc) is 2.49. The van der Waals surface area contributed by atoms with Crippen LogP contribution in [0, 0.1) is 0 Å². The van der Waals surface area contributed by atoms with Crippen LogP contribution in [-0.4, -0.2) is 11.0 Å². The number of anilines is 1. The number of nitrogens with one attached hydrogen (secondary N) is 1. The van der Waals surface area contributed by atoms with Crippen LogP contribution in [0.5, 0.6) is 0 Å². The Kier molecular flexibility index (Phi) is 5.33. The molecule has 0 bridgehead atoms. The van der Waals surface area contributed by atoms with Gasteiger partial charge in [-0.1, -0.05) is 48.5 Å². The summed E-state index contributed by atoms with van der Waals surface area (Å²) >= 11 is 0. The van der Waals surface area contributed by atoms with E-state index in [1.54, 1.807) is 0 Å².